The van der Waals surface area contributed by atoms with Crippen molar-refractivity contribution in [2.24, 2.45) is 0 Å². The summed E-state index contributed by atoms with van der Waals surface area (Å²) >= 11 is 0. The van der Waals surface area contributed by atoms with Crippen LogP contribution >= 0.6 is 0 Å². The number of nitrogens with one attached hydrogen (secondary N) is 2. The summed E-state index contributed by atoms with van der Waals surface area (Å²) in [6, 6.07) is 0. The Labute approximate surface area is 450 Å². The molecular weight excluding hydrogens is 945 g/mol. The van der Waals surface area contributed by atoms with Gasteiger partial charge in [-0.05, 0) is 64.5 Å². The van der Waals surface area contributed by atoms with Crippen molar-refractivity contribution in [2.45, 2.75) is 232 Å². The molecule has 2 unspecified atom stereocenters. The quantitative estimate of drug-likeness (QED) is 0.0335. The van der Waals surface area contributed by atoms with Gasteiger partial charge in [-0.1, -0.05) is 155 Å². The zero-order valence-corrected chi connectivity index (χ0v) is 47.3. The molecule has 0 aromatic heterocycles. The van der Waals surface area contributed by atoms with Crippen LogP contribution in [0, 0.1) is 0 Å². The first-order valence-corrected chi connectivity index (χ1v) is 30.4. The van der Waals surface area contributed by atoms with Crippen molar-refractivity contribution >= 4 is 24.1 Å². The van der Waals surface area contributed by atoms with E-state index in [9.17, 15) is 19.2 Å². The van der Waals surface area contributed by atoms with E-state index in [1.165, 1.54) is 89.9 Å². The molecule has 2 heterocycles. The fraction of sp³-hybridized carbons (Fsp3) is 0.931. The van der Waals surface area contributed by atoms with E-state index in [0.29, 0.717) is 52.4 Å². The summed E-state index contributed by atoms with van der Waals surface area (Å²) in [6.07, 6.45) is 30.7. The van der Waals surface area contributed by atoms with Crippen LogP contribution in [0.2, 0.25) is 0 Å². The van der Waals surface area contributed by atoms with Crippen LogP contribution in [0.25, 0.3) is 0 Å². The van der Waals surface area contributed by atoms with Gasteiger partial charge in [-0.15, -0.1) is 0 Å². The molecule has 2 aliphatic rings. The normalized spacial score (nSPS) is 15.1. The van der Waals surface area contributed by atoms with Crippen LogP contribution in [0.5, 0.6) is 0 Å². The van der Waals surface area contributed by atoms with Gasteiger partial charge in [0.2, 0.25) is 0 Å². The highest BCUT2D eigenvalue weighted by Crippen LogP contribution is 2.15. The lowest BCUT2D eigenvalue weighted by atomic mass is 10.1. The molecule has 0 saturated carbocycles. The van der Waals surface area contributed by atoms with Crippen molar-refractivity contribution in [1.82, 2.24) is 20.4 Å². The molecule has 2 fully saturated rings. The lowest BCUT2D eigenvalue weighted by molar-refractivity contribution is -0.144. The minimum atomic E-state index is -0.901. The standard InChI is InChI=1S/C58H110N4O12/c1-3-5-7-9-11-13-15-19-25-33-55(63)71-45-29-23-17-21-27-43-69-51-53(73-57(65)59-35-31-37-61-39-47-67-48-40-61)54(74-58(66)60-36-32-38-62-41-49-68-50-42-62)52-70-44-28-22-18-24-30-46-72-56(64)34-26-20-16-14-12-10-8-6-4-2/h53-54H,3-52H2,1-2H3,(H,59,65)(H,60,66). The predicted octanol–water partition coefficient (Wildman–Crippen LogP) is 11.5. The molecule has 2 saturated heterocycles. The Balaban J connectivity index is 1.79. The first-order chi connectivity index (χ1) is 36.4. The van der Waals surface area contributed by atoms with E-state index in [1.807, 2.05) is 0 Å². The van der Waals surface area contributed by atoms with Gasteiger partial charge in [-0.3, -0.25) is 19.4 Å². The second kappa shape index (κ2) is 51.0. The molecule has 0 aromatic carbocycles. The van der Waals surface area contributed by atoms with Gasteiger partial charge in [-0.2, -0.15) is 0 Å². The molecule has 2 amide bonds. The number of esters is 2. The number of nitrogens with zero attached hydrogens (tertiary/aromatic N) is 2. The lowest BCUT2D eigenvalue weighted by Gasteiger charge is -2.28. The summed E-state index contributed by atoms with van der Waals surface area (Å²) < 4.78 is 46.1. The fourth-order valence-corrected chi connectivity index (χ4v) is 9.18. The van der Waals surface area contributed by atoms with Crippen LogP contribution in [0.3, 0.4) is 0 Å². The minimum absolute atomic E-state index is 0.0399. The first-order valence-electron chi connectivity index (χ1n) is 30.4. The molecule has 0 aliphatic carbocycles. The highest BCUT2D eigenvalue weighted by atomic mass is 16.6. The maximum absolute atomic E-state index is 13.3. The Hall–Kier alpha value is -2.76. The molecule has 16 heteroatoms. The fourth-order valence-electron chi connectivity index (χ4n) is 9.18. The molecule has 0 radical (unpaired) electrons. The third kappa shape index (κ3) is 42.4. The van der Waals surface area contributed by atoms with E-state index in [1.54, 1.807) is 0 Å². The van der Waals surface area contributed by atoms with Gasteiger partial charge in [0.15, 0.2) is 12.2 Å². The molecule has 2 N–H and O–H groups in total. The molecule has 2 rings (SSSR count). The minimum Gasteiger partial charge on any atom is -0.466 e. The summed E-state index contributed by atoms with van der Waals surface area (Å²) in [5.41, 5.74) is 0. The summed E-state index contributed by atoms with van der Waals surface area (Å²) in [7, 11) is 0. The van der Waals surface area contributed by atoms with Crippen molar-refractivity contribution in [3.8, 4) is 0 Å². The van der Waals surface area contributed by atoms with Gasteiger partial charge < -0.3 is 48.5 Å². The predicted molar refractivity (Wildman–Crippen MR) is 294 cm³/mol. The van der Waals surface area contributed by atoms with Crippen LogP contribution in [-0.4, -0.2) is 165 Å². The summed E-state index contributed by atoms with van der Waals surface area (Å²) in [6.45, 7) is 15.4. The van der Waals surface area contributed by atoms with E-state index in [4.69, 9.17) is 37.9 Å². The molecule has 2 atom stereocenters. The third-order valence-electron chi connectivity index (χ3n) is 13.9. The van der Waals surface area contributed by atoms with Crippen LogP contribution in [0.1, 0.15) is 219 Å². The van der Waals surface area contributed by atoms with Gasteiger partial charge >= 0.3 is 24.1 Å². The van der Waals surface area contributed by atoms with Gasteiger partial charge in [0.25, 0.3) is 0 Å². The summed E-state index contributed by atoms with van der Waals surface area (Å²) in [5, 5.41) is 5.78. The number of hydrogen-bond donors (Lipinski definition) is 2. The molecule has 0 aromatic rings. The summed E-state index contributed by atoms with van der Waals surface area (Å²) in [5.74, 6) is -0.175. The Morgan fingerprint density at radius 1 is 0.405 bits per heavy atom. The zero-order valence-electron chi connectivity index (χ0n) is 47.3. The van der Waals surface area contributed by atoms with E-state index >= 15 is 0 Å². The Bertz CT molecular complexity index is 1210. The number of morpholine rings is 2. The van der Waals surface area contributed by atoms with E-state index < -0.39 is 24.4 Å². The van der Waals surface area contributed by atoms with Crippen molar-refractivity contribution in [2.75, 3.05) is 118 Å². The van der Waals surface area contributed by atoms with Crippen molar-refractivity contribution in [3.63, 3.8) is 0 Å². The van der Waals surface area contributed by atoms with Gasteiger partial charge in [0.05, 0.1) is 52.9 Å². The molecule has 16 nitrogen and oxygen atoms in total. The van der Waals surface area contributed by atoms with Gasteiger partial charge in [0.1, 0.15) is 0 Å². The number of alkyl carbamates (subject to hydrolysis) is 2. The second-order valence-corrected chi connectivity index (χ2v) is 20.6. The second-order valence-electron chi connectivity index (χ2n) is 20.6. The zero-order chi connectivity index (χ0) is 53.0. The molecule has 0 spiro atoms. The monoisotopic (exact) mass is 1050 g/mol. The SMILES string of the molecule is CCCCCCCCCCCC(=O)OCCCCCCCOCC(OC(=O)NCCCN1CCOCC1)C(COCCCCCCCOC(=O)CCCCCCCCCCC)OC(=O)NCCCN1CCOCC1. The molecule has 434 valence electrons. The van der Waals surface area contributed by atoms with Gasteiger partial charge in [0, 0.05) is 65.3 Å². The molecule has 0 bridgehead atoms. The lowest BCUT2D eigenvalue weighted by Crippen LogP contribution is -2.46. The number of carbonyl (C=O) groups is 4. The third-order valence-corrected chi connectivity index (χ3v) is 13.9. The molecule has 2 aliphatic heterocycles. The van der Waals surface area contributed by atoms with Crippen molar-refractivity contribution in [1.29, 1.82) is 0 Å². The maximum Gasteiger partial charge on any atom is 0.407 e. The number of rotatable bonds is 51. The van der Waals surface area contributed by atoms with E-state index in [2.05, 4.69) is 34.3 Å². The van der Waals surface area contributed by atoms with Crippen LogP contribution < -0.4 is 10.6 Å². The smallest absolute Gasteiger partial charge is 0.407 e. The highest BCUT2D eigenvalue weighted by Gasteiger charge is 2.30. The number of hydrogen-bond acceptors (Lipinski definition) is 14. The van der Waals surface area contributed by atoms with Crippen LogP contribution in [0.15, 0.2) is 0 Å². The maximum atomic E-state index is 13.3. The van der Waals surface area contributed by atoms with Crippen LogP contribution in [-0.2, 0) is 47.5 Å². The summed E-state index contributed by atoms with van der Waals surface area (Å²) in [4.78, 5) is 55.6. The first kappa shape index (κ1) is 67.3. The van der Waals surface area contributed by atoms with Crippen molar-refractivity contribution in [3.05, 3.63) is 0 Å². The largest absolute Gasteiger partial charge is 0.466 e. The number of unbranched alkanes of at least 4 members (excludes halogenated alkanes) is 24. The topological polar surface area (TPSA) is 173 Å². The average Bonchev–Trinajstić information content (AvgIpc) is 3.41. The Morgan fingerprint density at radius 3 is 1.07 bits per heavy atom. The van der Waals surface area contributed by atoms with Gasteiger partial charge in [-0.25, -0.2) is 9.59 Å². The average molecular weight is 1060 g/mol. The Morgan fingerprint density at radius 2 is 0.716 bits per heavy atom. The highest BCUT2D eigenvalue weighted by molar-refractivity contribution is 5.69. The number of amides is 2. The number of carbonyl (C=O) groups excluding carboxylic acids is 4. The Kier molecular flexibility index (Phi) is 46.4. The van der Waals surface area contributed by atoms with Crippen molar-refractivity contribution < 1.29 is 57.1 Å². The van der Waals surface area contributed by atoms with E-state index in [-0.39, 0.29) is 25.2 Å². The molecule has 74 heavy (non-hydrogen) atoms. The van der Waals surface area contributed by atoms with Crippen LogP contribution in [0.4, 0.5) is 9.59 Å². The van der Waals surface area contributed by atoms with E-state index in [0.717, 1.165) is 168 Å². The number of ether oxygens (including phenoxy) is 8. The molecular formula is C58H110N4O12.